The van der Waals surface area contributed by atoms with Crippen LogP contribution in [-0.4, -0.2) is 37.9 Å². The lowest BCUT2D eigenvalue weighted by Gasteiger charge is -2.31. The van der Waals surface area contributed by atoms with Crippen molar-refractivity contribution in [2.24, 2.45) is 5.92 Å². The maximum Gasteiger partial charge on any atom is 0.503 e. The molecule has 2 aromatic heterocycles. The van der Waals surface area contributed by atoms with E-state index in [4.69, 9.17) is 20.0 Å². The number of carbonyl (C=O) groups is 2. The Morgan fingerprint density at radius 3 is 2.46 bits per heavy atom. The van der Waals surface area contributed by atoms with Crippen LogP contribution < -0.4 is 5.32 Å². The molecule has 2 fully saturated rings. The topological polar surface area (TPSA) is 104 Å². The molecule has 8 heteroatoms. The number of carboxylic acid groups (broad SMARTS) is 2. The Morgan fingerprint density at radius 1 is 1.06 bits per heavy atom. The molecule has 188 valence electrons. The van der Waals surface area contributed by atoms with Gasteiger partial charge in [0.1, 0.15) is 5.82 Å². The molecule has 2 saturated carbocycles. The summed E-state index contributed by atoms with van der Waals surface area (Å²) in [6.07, 6.45) is 10.1. The number of hydrogen-bond acceptors (Lipinski definition) is 4. The van der Waals surface area contributed by atoms with Crippen molar-refractivity contribution in [3.05, 3.63) is 52.0 Å². The fourth-order valence-corrected chi connectivity index (χ4v) is 6.25. The molecule has 2 heterocycles. The third-order valence-corrected chi connectivity index (χ3v) is 8.15. The number of nitrogens with zero attached hydrogens (tertiary/aromatic N) is 2. The zero-order chi connectivity index (χ0) is 24.8. The van der Waals surface area contributed by atoms with Crippen LogP contribution in [0.15, 0.2) is 35.7 Å². The molecule has 3 N–H and O–H groups in total. The maximum atomic E-state index is 12.9. The van der Waals surface area contributed by atoms with E-state index in [1.807, 2.05) is 12.1 Å². The van der Waals surface area contributed by atoms with Crippen molar-refractivity contribution in [2.75, 3.05) is 0 Å². The Balaban J connectivity index is 0.000000672. The average Bonchev–Trinajstić information content (AvgIpc) is 3.47. The first-order chi connectivity index (χ1) is 16.9. The number of amides is 1. The first kappa shape index (κ1) is 25.2. The number of benzene rings is 1. The quantitative estimate of drug-likeness (QED) is 0.363. The summed E-state index contributed by atoms with van der Waals surface area (Å²) in [6, 6.07) is 11.3. The second-order valence-corrected chi connectivity index (χ2v) is 10.8. The Hall–Kier alpha value is -2.87. The van der Waals surface area contributed by atoms with Gasteiger partial charge in [-0.2, -0.15) is 0 Å². The van der Waals surface area contributed by atoms with Crippen LogP contribution in [0.2, 0.25) is 0 Å². The Kier molecular flexibility index (Phi) is 8.44. The molecule has 0 unspecified atom stereocenters. The fourth-order valence-electron chi connectivity index (χ4n) is 5.55. The number of aromatic nitrogens is 2. The molecule has 0 saturated heterocycles. The third-order valence-electron chi connectivity index (χ3n) is 7.28. The number of fused-ring (bicyclic) bond motifs is 1. The van der Waals surface area contributed by atoms with Crippen LogP contribution in [0.4, 0.5) is 4.79 Å². The lowest BCUT2D eigenvalue weighted by Crippen LogP contribution is -2.36. The predicted molar refractivity (Wildman–Crippen MR) is 139 cm³/mol. The van der Waals surface area contributed by atoms with Gasteiger partial charge in [-0.1, -0.05) is 45.1 Å². The normalized spacial score (nSPS) is 20.7. The van der Waals surface area contributed by atoms with Gasteiger partial charge in [0.15, 0.2) is 0 Å². The molecule has 2 aliphatic rings. The monoisotopic (exact) mass is 497 g/mol. The van der Waals surface area contributed by atoms with Gasteiger partial charge in [0.25, 0.3) is 5.91 Å². The van der Waals surface area contributed by atoms with Crippen LogP contribution in [0.25, 0.3) is 11.0 Å². The molecule has 2 atom stereocenters. The molecule has 1 amide bonds. The van der Waals surface area contributed by atoms with Crippen molar-refractivity contribution >= 4 is 34.4 Å². The number of imidazole rings is 1. The lowest BCUT2D eigenvalue weighted by atomic mass is 9.85. The molecule has 0 aliphatic heterocycles. The van der Waals surface area contributed by atoms with Gasteiger partial charge in [0, 0.05) is 28.9 Å². The summed E-state index contributed by atoms with van der Waals surface area (Å²) < 4.78 is 2.50. The van der Waals surface area contributed by atoms with Gasteiger partial charge >= 0.3 is 6.16 Å². The van der Waals surface area contributed by atoms with Gasteiger partial charge in [-0.3, -0.25) is 4.79 Å². The predicted octanol–water partition coefficient (Wildman–Crippen LogP) is 6.72. The first-order valence-corrected chi connectivity index (χ1v) is 13.6. The van der Waals surface area contributed by atoms with Gasteiger partial charge in [0.05, 0.1) is 11.0 Å². The zero-order valence-corrected chi connectivity index (χ0v) is 21.1. The van der Waals surface area contributed by atoms with Crippen molar-refractivity contribution in [1.82, 2.24) is 14.9 Å². The smallest absolute Gasteiger partial charge is 0.450 e. The minimum Gasteiger partial charge on any atom is -0.450 e. The first-order valence-electron chi connectivity index (χ1n) is 12.7. The number of carbonyl (C=O) groups excluding carboxylic acids is 1. The molecule has 35 heavy (non-hydrogen) atoms. The van der Waals surface area contributed by atoms with E-state index >= 15 is 0 Å². The summed E-state index contributed by atoms with van der Waals surface area (Å²) in [5, 5.41) is 19.3. The summed E-state index contributed by atoms with van der Waals surface area (Å²) in [5.74, 6) is 1.85. The van der Waals surface area contributed by atoms with Crippen LogP contribution in [0.3, 0.4) is 0 Å². The van der Waals surface area contributed by atoms with Crippen LogP contribution in [0.1, 0.15) is 91.8 Å². The van der Waals surface area contributed by atoms with Crippen molar-refractivity contribution in [2.45, 2.75) is 83.2 Å². The fraction of sp³-hybridized carbons (Fsp3) is 0.519. The van der Waals surface area contributed by atoms with Gasteiger partial charge in [-0.15, -0.1) is 11.3 Å². The second kappa shape index (κ2) is 11.7. The summed E-state index contributed by atoms with van der Waals surface area (Å²) in [4.78, 5) is 27.9. The van der Waals surface area contributed by atoms with Crippen LogP contribution in [-0.2, 0) is 6.42 Å². The van der Waals surface area contributed by atoms with Crippen LogP contribution in [0.5, 0.6) is 0 Å². The van der Waals surface area contributed by atoms with Gasteiger partial charge in [-0.25, -0.2) is 9.78 Å². The van der Waals surface area contributed by atoms with Crippen molar-refractivity contribution < 1.29 is 19.8 Å². The molecular formula is C27H35N3O4S. The minimum atomic E-state index is -1.83. The molecule has 0 radical (unpaired) electrons. The van der Waals surface area contributed by atoms with E-state index in [0.29, 0.717) is 18.0 Å². The largest absolute Gasteiger partial charge is 0.503 e. The molecular weight excluding hydrogens is 462 g/mol. The number of rotatable bonds is 5. The van der Waals surface area contributed by atoms with E-state index in [2.05, 4.69) is 40.4 Å². The third kappa shape index (κ3) is 6.42. The van der Waals surface area contributed by atoms with Gasteiger partial charge < -0.3 is 20.1 Å². The lowest BCUT2D eigenvalue weighted by molar-refractivity contribution is 0.0927. The van der Waals surface area contributed by atoms with E-state index in [1.54, 1.807) is 11.3 Å². The summed E-state index contributed by atoms with van der Waals surface area (Å²) >= 11 is 1.79. The van der Waals surface area contributed by atoms with Crippen molar-refractivity contribution in [3.8, 4) is 0 Å². The van der Waals surface area contributed by atoms with E-state index in [-0.39, 0.29) is 5.91 Å². The Morgan fingerprint density at radius 2 is 1.77 bits per heavy atom. The maximum absolute atomic E-state index is 12.9. The summed E-state index contributed by atoms with van der Waals surface area (Å²) in [6.45, 7) is 2.39. The summed E-state index contributed by atoms with van der Waals surface area (Å²) in [5.41, 5.74) is 2.88. The average molecular weight is 498 g/mol. The Bertz CT molecular complexity index is 1130. The second-order valence-electron chi connectivity index (χ2n) is 9.78. The van der Waals surface area contributed by atoms with E-state index in [1.165, 1.54) is 55.3 Å². The van der Waals surface area contributed by atoms with Gasteiger partial charge in [-0.05, 0) is 61.2 Å². The molecule has 3 aromatic rings. The van der Waals surface area contributed by atoms with Crippen molar-refractivity contribution in [1.29, 1.82) is 0 Å². The SMILES string of the molecule is C[C@@H]1CCCC[C@H]1n1c(Cc2cccs2)nc2cc(C(=O)NC3CCCCC3)ccc21.O=C(O)O. The highest BCUT2D eigenvalue weighted by Crippen LogP contribution is 2.37. The highest BCUT2D eigenvalue weighted by atomic mass is 32.1. The molecule has 0 spiro atoms. The molecule has 1 aromatic carbocycles. The van der Waals surface area contributed by atoms with Gasteiger partial charge in [0.2, 0.25) is 0 Å². The molecule has 2 aliphatic carbocycles. The summed E-state index contributed by atoms with van der Waals surface area (Å²) in [7, 11) is 0. The number of nitrogens with one attached hydrogen (secondary N) is 1. The van der Waals surface area contributed by atoms with E-state index in [0.717, 1.165) is 36.2 Å². The van der Waals surface area contributed by atoms with E-state index in [9.17, 15) is 4.79 Å². The van der Waals surface area contributed by atoms with Crippen LogP contribution in [0, 0.1) is 5.92 Å². The Labute approximate surface area is 210 Å². The van der Waals surface area contributed by atoms with Crippen LogP contribution >= 0.6 is 11.3 Å². The zero-order valence-electron chi connectivity index (χ0n) is 20.3. The molecule has 7 nitrogen and oxygen atoms in total. The van der Waals surface area contributed by atoms with Crippen molar-refractivity contribution in [3.63, 3.8) is 0 Å². The van der Waals surface area contributed by atoms with E-state index < -0.39 is 6.16 Å². The standard InChI is InChI=1S/C26H33N3OS.CH2O3/c1-18-8-5-6-12-23(18)29-24-14-13-19(26(30)27-20-9-3-2-4-10-20)16-22(24)28-25(29)17-21-11-7-15-31-21;2-1(3)4/h7,11,13-16,18,20,23H,2-6,8-10,12,17H2,1H3,(H,27,30);(H2,2,3,4)/t18-,23-;/m1./s1. The molecule has 5 rings (SSSR count). The highest BCUT2D eigenvalue weighted by molar-refractivity contribution is 7.09. The number of thiophene rings is 1. The molecule has 0 bridgehead atoms. The number of hydrogen-bond donors (Lipinski definition) is 3. The minimum absolute atomic E-state index is 0.0502. The highest BCUT2D eigenvalue weighted by Gasteiger charge is 2.27.